The minimum absolute atomic E-state index is 0.0214. The highest BCUT2D eigenvalue weighted by molar-refractivity contribution is 5.82. The number of carbonyl (C=O) groups is 1. The Labute approximate surface area is 109 Å². The number of nitrogens with zero attached hydrogens (tertiary/aromatic N) is 1. The highest BCUT2D eigenvalue weighted by Gasteiger charge is 1.98. The molecular weight excluding hydrogens is 224 g/mol. The summed E-state index contributed by atoms with van der Waals surface area (Å²) in [6.45, 7) is 6.39. The Balaban J connectivity index is 2.44. The third-order valence-corrected chi connectivity index (χ3v) is 2.76. The minimum atomic E-state index is -0.0214. The lowest BCUT2D eigenvalue weighted by atomic mass is 10.0. The van der Waals surface area contributed by atoms with Crippen LogP contribution in [-0.2, 0) is 4.79 Å². The topological polar surface area (TPSA) is 41.5 Å². The van der Waals surface area contributed by atoms with Crippen LogP contribution < -0.4 is 5.43 Å². The number of amides is 1. The summed E-state index contributed by atoms with van der Waals surface area (Å²) in [6, 6.07) is 8.20. The summed E-state index contributed by atoms with van der Waals surface area (Å²) in [5.41, 5.74) is 4.83. The zero-order valence-corrected chi connectivity index (χ0v) is 11.4. The number of nitrogens with one attached hydrogen (secondary N) is 1. The quantitative estimate of drug-likeness (QED) is 0.606. The summed E-state index contributed by atoms with van der Waals surface area (Å²) < 4.78 is 0. The summed E-state index contributed by atoms with van der Waals surface area (Å²) in [7, 11) is 0. The van der Waals surface area contributed by atoms with Crippen molar-refractivity contribution >= 4 is 12.1 Å². The van der Waals surface area contributed by atoms with Crippen LogP contribution in [0.25, 0.3) is 0 Å². The summed E-state index contributed by atoms with van der Waals surface area (Å²) in [5.74, 6) is 0.511. The fraction of sp³-hybridized carbons (Fsp3) is 0.467. The summed E-state index contributed by atoms with van der Waals surface area (Å²) >= 11 is 0. The third-order valence-electron chi connectivity index (χ3n) is 2.76. The smallest absolute Gasteiger partial charge is 0.240 e. The van der Waals surface area contributed by atoms with Crippen LogP contribution in [0.15, 0.2) is 29.4 Å². The second-order valence-electron chi connectivity index (χ2n) is 4.72. The first-order valence-corrected chi connectivity index (χ1v) is 6.55. The molecule has 0 aliphatic rings. The van der Waals surface area contributed by atoms with Crippen molar-refractivity contribution in [3.63, 3.8) is 0 Å². The van der Waals surface area contributed by atoms with E-state index in [4.69, 9.17) is 0 Å². The van der Waals surface area contributed by atoms with E-state index in [1.807, 2.05) is 12.1 Å². The van der Waals surface area contributed by atoms with Gasteiger partial charge in [-0.3, -0.25) is 4.79 Å². The van der Waals surface area contributed by atoms with Gasteiger partial charge in [-0.25, -0.2) is 5.43 Å². The zero-order chi connectivity index (χ0) is 13.4. The molecule has 0 saturated heterocycles. The van der Waals surface area contributed by atoms with Crippen LogP contribution in [0.5, 0.6) is 0 Å². The molecule has 1 amide bonds. The molecule has 0 saturated carbocycles. The van der Waals surface area contributed by atoms with Crippen molar-refractivity contribution in [2.75, 3.05) is 0 Å². The number of rotatable bonds is 6. The highest BCUT2D eigenvalue weighted by Crippen LogP contribution is 2.13. The average molecular weight is 246 g/mol. The van der Waals surface area contributed by atoms with Crippen molar-refractivity contribution in [3.05, 3.63) is 35.4 Å². The van der Waals surface area contributed by atoms with Crippen LogP contribution in [0.4, 0.5) is 0 Å². The highest BCUT2D eigenvalue weighted by atomic mass is 16.2. The Morgan fingerprint density at radius 2 is 2.00 bits per heavy atom. The molecular formula is C15H22N2O. The van der Waals surface area contributed by atoms with Crippen molar-refractivity contribution in [2.45, 2.75) is 46.0 Å². The van der Waals surface area contributed by atoms with E-state index in [0.29, 0.717) is 12.3 Å². The van der Waals surface area contributed by atoms with Crippen LogP contribution in [0.2, 0.25) is 0 Å². The monoisotopic (exact) mass is 246 g/mol. The first-order valence-electron chi connectivity index (χ1n) is 6.55. The summed E-state index contributed by atoms with van der Waals surface area (Å²) in [6.07, 6.45) is 4.15. The first-order chi connectivity index (χ1) is 8.63. The molecule has 0 aliphatic carbocycles. The molecule has 0 bridgehead atoms. The van der Waals surface area contributed by atoms with E-state index in [1.165, 1.54) is 5.56 Å². The normalized spacial score (nSPS) is 11.1. The standard InChI is InChI=1S/C15H22N2O/c1-4-5-6-15(18)17-16-11-13-7-9-14(10-8-13)12(2)3/h7-12H,4-6H2,1-3H3,(H,17,18). The van der Waals surface area contributed by atoms with Gasteiger partial charge in [0.2, 0.25) is 5.91 Å². The van der Waals surface area contributed by atoms with E-state index in [0.717, 1.165) is 18.4 Å². The molecule has 98 valence electrons. The molecule has 1 aromatic carbocycles. The van der Waals surface area contributed by atoms with Crippen LogP contribution in [0.1, 0.15) is 57.1 Å². The number of hydrazone groups is 1. The average Bonchev–Trinajstić information content (AvgIpc) is 2.37. The molecule has 1 aromatic rings. The van der Waals surface area contributed by atoms with E-state index in [9.17, 15) is 4.79 Å². The zero-order valence-electron chi connectivity index (χ0n) is 11.4. The van der Waals surface area contributed by atoms with E-state index in [-0.39, 0.29) is 5.91 Å². The van der Waals surface area contributed by atoms with Gasteiger partial charge in [0.15, 0.2) is 0 Å². The van der Waals surface area contributed by atoms with Crippen LogP contribution in [-0.4, -0.2) is 12.1 Å². The van der Waals surface area contributed by atoms with Gasteiger partial charge in [0.25, 0.3) is 0 Å². The predicted octanol–water partition coefficient (Wildman–Crippen LogP) is 3.45. The van der Waals surface area contributed by atoms with Crippen LogP contribution in [0, 0.1) is 0 Å². The van der Waals surface area contributed by atoms with Gasteiger partial charge in [-0.1, -0.05) is 51.5 Å². The van der Waals surface area contributed by atoms with E-state index >= 15 is 0 Å². The number of carbonyl (C=O) groups excluding carboxylic acids is 1. The first kappa shape index (κ1) is 14.4. The van der Waals surface area contributed by atoms with Crippen molar-refractivity contribution < 1.29 is 4.79 Å². The molecule has 3 nitrogen and oxygen atoms in total. The molecule has 0 unspecified atom stereocenters. The number of hydrogen-bond acceptors (Lipinski definition) is 2. The SMILES string of the molecule is CCCCC(=O)NN=Cc1ccc(C(C)C)cc1. The van der Waals surface area contributed by atoms with Crippen LogP contribution in [0.3, 0.4) is 0 Å². The number of hydrogen-bond donors (Lipinski definition) is 1. The minimum Gasteiger partial charge on any atom is -0.273 e. The molecule has 0 aromatic heterocycles. The number of benzene rings is 1. The van der Waals surface area contributed by atoms with E-state index < -0.39 is 0 Å². The van der Waals surface area contributed by atoms with Gasteiger partial charge >= 0.3 is 0 Å². The molecule has 0 heterocycles. The molecule has 0 spiro atoms. The Kier molecular flexibility index (Phi) is 6.12. The van der Waals surface area contributed by atoms with Gasteiger partial charge in [-0.15, -0.1) is 0 Å². The Hall–Kier alpha value is -1.64. The van der Waals surface area contributed by atoms with Gasteiger partial charge < -0.3 is 0 Å². The van der Waals surface area contributed by atoms with Crippen molar-refractivity contribution in [1.82, 2.24) is 5.43 Å². The lowest BCUT2D eigenvalue weighted by molar-refractivity contribution is -0.121. The summed E-state index contributed by atoms with van der Waals surface area (Å²) in [4.78, 5) is 11.3. The molecule has 0 aliphatic heterocycles. The van der Waals surface area contributed by atoms with E-state index in [1.54, 1.807) is 6.21 Å². The van der Waals surface area contributed by atoms with Crippen LogP contribution >= 0.6 is 0 Å². The molecule has 3 heteroatoms. The predicted molar refractivity (Wildman–Crippen MR) is 75.8 cm³/mol. The van der Waals surface area contributed by atoms with Crippen molar-refractivity contribution in [3.8, 4) is 0 Å². The largest absolute Gasteiger partial charge is 0.273 e. The molecule has 0 radical (unpaired) electrons. The summed E-state index contributed by atoms with van der Waals surface area (Å²) in [5, 5.41) is 3.94. The molecule has 1 N–H and O–H groups in total. The second kappa shape index (κ2) is 7.64. The maximum Gasteiger partial charge on any atom is 0.240 e. The molecule has 0 fully saturated rings. The van der Waals surface area contributed by atoms with Crippen molar-refractivity contribution in [2.24, 2.45) is 5.10 Å². The molecule has 1 rings (SSSR count). The lowest BCUT2D eigenvalue weighted by Crippen LogP contribution is -2.16. The maximum atomic E-state index is 11.3. The lowest BCUT2D eigenvalue weighted by Gasteiger charge is -2.04. The third kappa shape index (κ3) is 5.13. The van der Waals surface area contributed by atoms with Gasteiger partial charge in [0.05, 0.1) is 6.21 Å². The Bertz CT molecular complexity index is 393. The van der Waals surface area contributed by atoms with Gasteiger partial charge in [0, 0.05) is 6.42 Å². The fourth-order valence-electron chi connectivity index (χ4n) is 1.54. The van der Waals surface area contributed by atoms with Crippen molar-refractivity contribution in [1.29, 1.82) is 0 Å². The van der Waals surface area contributed by atoms with E-state index in [2.05, 4.69) is 43.4 Å². The molecule has 0 atom stereocenters. The Morgan fingerprint density at radius 3 is 2.56 bits per heavy atom. The van der Waals surface area contributed by atoms with Gasteiger partial charge in [-0.05, 0) is 23.5 Å². The Morgan fingerprint density at radius 1 is 1.33 bits per heavy atom. The van der Waals surface area contributed by atoms with Gasteiger partial charge in [0.1, 0.15) is 0 Å². The van der Waals surface area contributed by atoms with Gasteiger partial charge in [-0.2, -0.15) is 5.10 Å². The molecule has 18 heavy (non-hydrogen) atoms. The fourth-order valence-corrected chi connectivity index (χ4v) is 1.54. The maximum absolute atomic E-state index is 11.3. The number of unbranched alkanes of at least 4 members (excludes halogenated alkanes) is 1. The second-order valence-corrected chi connectivity index (χ2v) is 4.72.